The molecule has 2 amide bonds. The number of amides is 2. The highest BCUT2D eigenvalue weighted by molar-refractivity contribution is 7.91. The molecule has 2 N–H and O–H groups in total. The van der Waals surface area contributed by atoms with Gasteiger partial charge in [0.1, 0.15) is 13.2 Å². The van der Waals surface area contributed by atoms with E-state index < -0.39 is 15.7 Å². The van der Waals surface area contributed by atoms with Gasteiger partial charge in [-0.05, 0) is 24.1 Å². The maximum atomic E-state index is 12.0. The number of carbonyl (C=O) groups excluding carboxylic acids is 2. The Morgan fingerprint density at radius 1 is 1.12 bits per heavy atom. The van der Waals surface area contributed by atoms with Crippen LogP contribution in [0.5, 0.6) is 11.5 Å². The minimum atomic E-state index is -3.04. The molecule has 0 bridgehead atoms. The Kier molecular flexibility index (Phi) is 5.12. The summed E-state index contributed by atoms with van der Waals surface area (Å²) in [4.78, 5) is 23.8. The first-order chi connectivity index (χ1) is 11.9. The summed E-state index contributed by atoms with van der Waals surface area (Å²) in [5, 5.41) is 5.16. The molecule has 1 fully saturated rings. The number of carbonyl (C=O) groups is 2. The number of hydrogen-bond donors (Lipinski definition) is 2. The number of rotatable bonds is 5. The van der Waals surface area contributed by atoms with Gasteiger partial charge in [0, 0.05) is 6.04 Å². The monoisotopic (exact) mass is 368 g/mol. The van der Waals surface area contributed by atoms with Crippen LogP contribution in [0.15, 0.2) is 18.2 Å². The zero-order chi connectivity index (χ0) is 17.9. The van der Waals surface area contributed by atoms with Crippen molar-refractivity contribution in [3.8, 4) is 11.5 Å². The molecule has 2 aliphatic heterocycles. The first-order valence-corrected chi connectivity index (χ1v) is 9.88. The molecule has 136 valence electrons. The number of benzene rings is 1. The van der Waals surface area contributed by atoms with Gasteiger partial charge in [-0.15, -0.1) is 0 Å². The van der Waals surface area contributed by atoms with Crippen molar-refractivity contribution in [2.75, 3.05) is 31.3 Å². The zero-order valence-corrected chi connectivity index (χ0v) is 14.4. The summed E-state index contributed by atoms with van der Waals surface area (Å²) in [7, 11) is -3.04. The van der Waals surface area contributed by atoms with E-state index in [1.54, 1.807) is 18.2 Å². The molecule has 1 saturated heterocycles. The van der Waals surface area contributed by atoms with Crippen molar-refractivity contribution in [3.05, 3.63) is 23.8 Å². The molecule has 1 unspecified atom stereocenters. The van der Waals surface area contributed by atoms with Crippen molar-refractivity contribution in [2.24, 2.45) is 0 Å². The van der Waals surface area contributed by atoms with Gasteiger partial charge in [-0.2, -0.15) is 0 Å². The van der Waals surface area contributed by atoms with E-state index in [0.717, 1.165) is 5.56 Å². The average Bonchev–Trinajstić information content (AvgIpc) is 2.91. The lowest BCUT2D eigenvalue weighted by Crippen LogP contribution is -2.42. The summed E-state index contributed by atoms with van der Waals surface area (Å²) in [5.74, 6) is 0.625. The van der Waals surface area contributed by atoms with Crippen molar-refractivity contribution in [3.63, 3.8) is 0 Å². The maximum absolute atomic E-state index is 12.0. The van der Waals surface area contributed by atoms with Crippen LogP contribution < -0.4 is 20.1 Å². The summed E-state index contributed by atoms with van der Waals surface area (Å²) in [6, 6.07) is 4.91. The van der Waals surface area contributed by atoms with E-state index in [1.807, 2.05) is 0 Å². The van der Waals surface area contributed by atoms with E-state index in [2.05, 4.69) is 10.6 Å². The molecule has 9 heteroatoms. The second kappa shape index (κ2) is 7.30. The van der Waals surface area contributed by atoms with Crippen molar-refractivity contribution >= 4 is 21.7 Å². The van der Waals surface area contributed by atoms with E-state index in [0.29, 0.717) is 31.1 Å². The highest BCUT2D eigenvalue weighted by Gasteiger charge is 2.28. The Balaban J connectivity index is 1.44. The van der Waals surface area contributed by atoms with E-state index >= 15 is 0 Å². The number of ether oxygens (including phenoxy) is 2. The third-order valence-corrected chi connectivity index (χ3v) is 5.78. The smallest absolute Gasteiger partial charge is 0.239 e. The molecule has 0 saturated carbocycles. The van der Waals surface area contributed by atoms with Gasteiger partial charge < -0.3 is 20.1 Å². The fourth-order valence-corrected chi connectivity index (χ4v) is 4.49. The lowest BCUT2D eigenvalue weighted by Gasteiger charge is -2.18. The Morgan fingerprint density at radius 3 is 2.60 bits per heavy atom. The van der Waals surface area contributed by atoms with Gasteiger partial charge in [0.25, 0.3) is 0 Å². The Bertz CT molecular complexity index is 777. The SMILES string of the molecule is O=C(Cc1ccc2c(c1)OCCO2)NCC(=O)NC1CCS(=O)(=O)C1. The molecule has 1 aromatic rings. The van der Waals surface area contributed by atoms with Gasteiger partial charge in [0.15, 0.2) is 21.3 Å². The largest absolute Gasteiger partial charge is 0.486 e. The molecule has 8 nitrogen and oxygen atoms in total. The van der Waals surface area contributed by atoms with Gasteiger partial charge in [0.2, 0.25) is 11.8 Å². The molecule has 25 heavy (non-hydrogen) atoms. The fraction of sp³-hybridized carbons (Fsp3) is 0.500. The van der Waals surface area contributed by atoms with Crippen LogP contribution in [0.2, 0.25) is 0 Å². The van der Waals surface area contributed by atoms with Gasteiger partial charge in [-0.25, -0.2) is 8.42 Å². The highest BCUT2D eigenvalue weighted by Crippen LogP contribution is 2.30. The Hall–Kier alpha value is -2.29. The van der Waals surface area contributed by atoms with Crippen molar-refractivity contribution in [2.45, 2.75) is 18.9 Å². The normalized spacial score (nSPS) is 20.7. The third-order valence-electron chi connectivity index (χ3n) is 4.01. The minimum absolute atomic E-state index is 0.0378. The van der Waals surface area contributed by atoms with Gasteiger partial charge in [0.05, 0.1) is 24.5 Å². The zero-order valence-electron chi connectivity index (χ0n) is 13.6. The quantitative estimate of drug-likeness (QED) is 0.719. The summed E-state index contributed by atoms with van der Waals surface area (Å²) >= 11 is 0. The minimum Gasteiger partial charge on any atom is -0.486 e. The first kappa shape index (κ1) is 17.5. The number of nitrogens with one attached hydrogen (secondary N) is 2. The van der Waals surface area contributed by atoms with Gasteiger partial charge in [-0.3, -0.25) is 9.59 Å². The van der Waals surface area contributed by atoms with Crippen LogP contribution in [0.4, 0.5) is 0 Å². The van der Waals surface area contributed by atoms with E-state index in [-0.39, 0.29) is 36.4 Å². The summed E-state index contributed by atoms with van der Waals surface area (Å²) in [6.07, 6.45) is 0.529. The van der Waals surface area contributed by atoms with Crippen LogP contribution in [0.25, 0.3) is 0 Å². The molecule has 0 aromatic heterocycles. The topological polar surface area (TPSA) is 111 Å². The standard InChI is InChI=1S/C16H20N2O6S/c19-15(8-11-1-2-13-14(7-11)24-5-4-23-13)17-9-16(20)18-12-3-6-25(21,22)10-12/h1-2,7,12H,3-6,8-10H2,(H,17,19)(H,18,20). The summed E-state index contributed by atoms with van der Waals surface area (Å²) in [6.45, 7) is 0.796. The lowest BCUT2D eigenvalue weighted by molar-refractivity contribution is -0.126. The molecule has 2 heterocycles. The van der Waals surface area contributed by atoms with E-state index in [1.165, 1.54) is 0 Å². The van der Waals surface area contributed by atoms with E-state index in [4.69, 9.17) is 9.47 Å². The molecule has 2 aliphatic rings. The molecule has 3 rings (SSSR count). The van der Waals surface area contributed by atoms with Crippen LogP contribution >= 0.6 is 0 Å². The van der Waals surface area contributed by atoms with Crippen molar-refractivity contribution in [1.29, 1.82) is 0 Å². The van der Waals surface area contributed by atoms with Crippen molar-refractivity contribution in [1.82, 2.24) is 10.6 Å². The van der Waals surface area contributed by atoms with Gasteiger partial charge >= 0.3 is 0 Å². The molecule has 0 spiro atoms. The van der Waals surface area contributed by atoms with Crippen LogP contribution in [-0.2, 0) is 25.8 Å². The number of fused-ring (bicyclic) bond motifs is 1. The third kappa shape index (κ3) is 4.85. The molecule has 1 aromatic carbocycles. The van der Waals surface area contributed by atoms with Crippen LogP contribution in [0.3, 0.4) is 0 Å². The predicted octanol–water partition coefficient (Wildman–Crippen LogP) is -0.580. The predicted molar refractivity (Wildman–Crippen MR) is 89.3 cm³/mol. The second-order valence-electron chi connectivity index (χ2n) is 6.10. The van der Waals surface area contributed by atoms with Crippen LogP contribution in [0.1, 0.15) is 12.0 Å². The average molecular weight is 368 g/mol. The maximum Gasteiger partial charge on any atom is 0.239 e. The van der Waals surface area contributed by atoms with Crippen molar-refractivity contribution < 1.29 is 27.5 Å². The Labute approximate surface area is 145 Å². The molecular weight excluding hydrogens is 348 g/mol. The van der Waals surface area contributed by atoms with Crippen LogP contribution in [0, 0.1) is 0 Å². The van der Waals surface area contributed by atoms with E-state index in [9.17, 15) is 18.0 Å². The highest BCUT2D eigenvalue weighted by atomic mass is 32.2. The molecule has 0 radical (unpaired) electrons. The fourth-order valence-electron chi connectivity index (χ4n) is 2.81. The molecule has 0 aliphatic carbocycles. The number of sulfone groups is 1. The second-order valence-corrected chi connectivity index (χ2v) is 8.33. The first-order valence-electron chi connectivity index (χ1n) is 8.06. The van der Waals surface area contributed by atoms with Crippen LogP contribution in [-0.4, -0.2) is 57.5 Å². The number of hydrogen-bond acceptors (Lipinski definition) is 6. The Morgan fingerprint density at radius 2 is 1.88 bits per heavy atom. The summed E-state index contributed by atoms with van der Waals surface area (Å²) in [5.41, 5.74) is 0.754. The van der Waals surface area contributed by atoms with Gasteiger partial charge in [-0.1, -0.05) is 6.07 Å². The molecule has 1 atom stereocenters. The molecular formula is C16H20N2O6S. The summed E-state index contributed by atoms with van der Waals surface area (Å²) < 4.78 is 33.6. The lowest BCUT2D eigenvalue weighted by atomic mass is 10.1.